The van der Waals surface area contributed by atoms with Crippen LogP contribution in [0.2, 0.25) is 0 Å². The molecule has 0 spiro atoms. The molecular formula is C14H18F2N2O2S. The van der Waals surface area contributed by atoms with Crippen molar-refractivity contribution in [3.63, 3.8) is 0 Å². The van der Waals surface area contributed by atoms with Crippen LogP contribution in [0.15, 0.2) is 6.20 Å². The Balaban J connectivity index is 2.09. The summed E-state index contributed by atoms with van der Waals surface area (Å²) in [7, 11) is 0. The molecule has 116 valence electrons. The van der Waals surface area contributed by atoms with Gasteiger partial charge in [0.1, 0.15) is 17.1 Å². The van der Waals surface area contributed by atoms with Crippen molar-refractivity contribution < 1.29 is 18.3 Å². The summed E-state index contributed by atoms with van der Waals surface area (Å²) in [5, 5.41) is 0.563. The number of halogens is 2. The molecule has 0 aliphatic heterocycles. The first-order valence-corrected chi connectivity index (χ1v) is 8.09. The second-order valence-corrected chi connectivity index (χ2v) is 6.11. The number of aromatic nitrogens is 2. The zero-order valence-corrected chi connectivity index (χ0v) is 12.7. The molecule has 1 aliphatic rings. The molecule has 1 saturated carbocycles. The molecule has 0 radical (unpaired) electrons. The second kappa shape index (κ2) is 7.68. The third-order valence-corrected chi connectivity index (χ3v) is 4.69. The normalized spacial score (nSPS) is 15.6. The van der Waals surface area contributed by atoms with Crippen molar-refractivity contribution in [2.75, 3.05) is 6.61 Å². The highest BCUT2D eigenvalue weighted by Gasteiger charge is 2.23. The maximum Gasteiger partial charge on any atom is 0.341 e. The smallest absolute Gasteiger partial charge is 0.341 e. The van der Waals surface area contributed by atoms with Crippen LogP contribution in [0, 0.1) is 0 Å². The van der Waals surface area contributed by atoms with E-state index in [1.807, 2.05) is 0 Å². The lowest BCUT2D eigenvalue weighted by atomic mass is 10.2. The molecule has 2 rings (SSSR count). The topological polar surface area (TPSA) is 52.1 Å². The number of hydrogen-bond acceptors (Lipinski definition) is 5. The van der Waals surface area contributed by atoms with Crippen LogP contribution in [0.25, 0.3) is 0 Å². The van der Waals surface area contributed by atoms with Gasteiger partial charge in [-0.25, -0.2) is 23.5 Å². The van der Waals surface area contributed by atoms with Crippen LogP contribution >= 0.6 is 11.8 Å². The van der Waals surface area contributed by atoms with Crippen molar-refractivity contribution in [2.24, 2.45) is 0 Å². The monoisotopic (exact) mass is 316 g/mol. The largest absolute Gasteiger partial charge is 0.462 e. The molecule has 0 N–H and O–H groups in total. The Labute approximate surface area is 126 Å². The lowest BCUT2D eigenvalue weighted by Gasteiger charge is -2.10. The lowest BCUT2D eigenvalue weighted by Crippen LogP contribution is -2.12. The Kier molecular flexibility index (Phi) is 5.90. The maximum absolute atomic E-state index is 13.0. The summed E-state index contributed by atoms with van der Waals surface area (Å²) in [6, 6.07) is 0. The average molecular weight is 316 g/mol. The number of rotatable bonds is 6. The quantitative estimate of drug-likeness (QED) is 0.748. The van der Waals surface area contributed by atoms with E-state index in [-0.39, 0.29) is 12.2 Å². The fraction of sp³-hybridized carbons (Fsp3) is 0.643. The zero-order chi connectivity index (χ0) is 15.2. The van der Waals surface area contributed by atoms with Crippen LogP contribution in [0.1, 0.15) is 60.9 Å². The van der Waals surface area contributed by atoms with Crippen molar-refractivity contribution in [1.82, 2.24) is 9.97 Å². The van der Waals surface area contributed by atoms with Crippen LogP contribution in [0.3, 0.4) is 0 Å². The van der Waals surface area contributed by atoms with Gasteiger partial charge >= 0.3 is 5.97 Å². The van der Waals surface area contributed by atoms with Crippen LogP contribution in [-0.4, -0.2) is 27.8 Å². The summed E-state index contributed by atoms with van der Waals surface area (Å²) in [6.45, 7) is 1.74. The Morgan fingerprint density at radius 2 is 2.19 bits per heavy atom. The predicted octanol–water partition coefficient (Wildman–Crippen LogP) is 3.77. The highest BCUT2D eigenvalue weighted by molar-refractivity contribution is 7.99. The molecule has 4 nitrogen and oxygen atoms in total. The number of ether oxygens (including phenoxy) is 1. The summed E-state index contributed by atoms with van der Waals surface area (Å²) in [5.41, 5.74) is -0.785. The minimum absolute atomic E-state index is 0.126. The first kappa shape index (κ1) is 16.1. The first-order valence-electron chi connectivity index (χ1n) is 7.04. The molecular weight excluding hydrogens is 298 g/mol. The number of carbonyl (C=O) groups is 1. The van der Waals surface area contributed by atoms with Crippen LogP contribution in [0.5, 0.6) is 0 Å². The number of nitrogens with zero attached hydrogens (tertiary/aromatic N) is 2. The third kappa shape index (κ3) is 4.36. The van der Waals surface area contributed by atoms with E-state index in [1.165, 1.54) is 12.8 Å². The summed E-state index contributed by atoms with van der Waals surface area (Å²) < 4.78 is 30.8. The molecule has 1 aromatic rings. The molecule has 0 saturated heterocycles. The average Bonchev–Trinajstić information content (AvgIpc) is 2.98. The van der Waals surface area contributed by atoms with Gasteiger partial charge in [-0.2, -0.15) is 11.8 Å². The zero-order valence-electron chi connectivity index (χ0n) is 11.8. The molecule has 1 aromatic heterocycles. The van der Waals surface area contributed by atoms with E-state index in [9.17, 15) is 13.6 Å². The molecule has 1 aliphatic carbocycles. The van der Waals surface area contributed by atoms with Gasteiger partial charge in [-0.15, -0.1) is 0 Å². The molecule has 1 fully saturated rings. The van der Waals surface area contributed by atoms with E-state index < -0.39 is 18.1 Å². The van der Waals surface area contributed by atoms with Crippen LogP contribution < -0.4 is 0 Å². The molecule has 0 unspecified atom stereocenters. The van der Waals surface area contributed by atoms with Gasteiger partial charge in [0.15, 0.2) is 0 Å². The van der Waals surface area contributed by atoms with Crippen molar-refractivity contribution in [3.05, 3.63) is 23.3 Å². The van der Waals surface area contributed by atoms with Crippen molar-refractivity contribution in [1.29, 1.82) is 0 Å². The highest BCUT2D eigenvalue weighted by atomic mass is 32.2. The molecule has 0 atom stereocenters. The molecule has 21 heavy (non-hydrogen) atoms. The van der Waals surface area contributed by atoms with Gasteiger partial charge in [0.05, 0.1) is 12.4 Å². The number of esters is 1. The first-order chi connectivity index (χ1) is 10.1. The van der Waals surface area contributed by atoms with E-state index in [2.05, 4.69) is 9.97 Å². The van der Waals surface area contributed by atoms with Gasteiger partial charge in [-0.1, -0.05) is 12.8 Å². The van der Waals surface area contributed by atoms with Crippen molar-refractivity contribution in [2.45, 2.75) is 50.0 Å². The van der Waals surface area contributed by atoms with E-state index in [0.29, 0.717) is 16.8 Å². The van der Waals surface area contributed by atoms with E-state index in [0.717, 1.165) is 19.0 Å². The summed E-state index contributed by atoms with van der Waals surface area (Å²) in [6.07, 6.45) is 3.10. The number of carbonyl (C=O) groups excluding carboxylic acids is 1. The molecule has 1 heterocycles. The highest BCUT2D eigenvalue weighted by Crippen LogP contribution is 2.31. The standard InChI is InChI=1S/C14H18F2N2O2S/c1-2-20-14(19)10-7-17-11(18-12(10)13(15)16)8-21-9-5-3-4-6-9/h7,9,13H,2-6,8H2,1H3. The Morgan fingerprint density at radius 1 is 1.48 bits per heavy atom. The van der Waals surface area contributed by atoms with Gasteiger partial charge in [0.25, 0.3) is 6.43 Å². The summed E-state index contributed by atoms with van der Waals surface area (Å²) in [4.78, 5) is 19.5. The van der Waals surface area contributed by atoms with Crippen molar-refractivity contribution >= 4 is 17.7 Å². The minimum atomic E-state index is -2.82. The molecule has 7 heteroatoms. The number of alkyl halides is 2. The van der Waals surface area contributed by atoms with Crippen LogP contribution in [-0.2, 0) is 10.5 Å². The van der Waals surface area contributed by atoms with E-state index >= 15 is 0 Å². The van der Waals surface area contributed by atoms with Crippen molar-refractivity contribution in [3.8, 4) is 0 Å². The third-order valence-electron chi connectivity index (χ3n) is 3.32. The molecule has 0 amide bonds. The van der Waals surface area contributed by atoms with Gasteiger partial charge in [0, 0.05) is 11.4 Å². The van der Waals surface area contributed by atoms with Gasteiger partial charge < -0.3 is 4.74 Å². The van der Waals surface area contributed by atoms with E-state index in [1.54, 1.807) is 18.7 Å². The number of hydrogen-bond donors (Lipinski definition) is 0. The minimum Gasteiger partial charge on any atom is -0.462 e. The van der Waals surface area contributed by atoms with Gasteiger partial charge in [-0.3, -0.25) is 0 Å². The van der Waals surface area contributed by atoms with Crippen LogP contribution in [0.4, 0.5) is 8.78 Å². The summed E-state index contributed by atoms with van der Waals surface area (Å²) in [5.74, 6) is 0.0334. The second-order valence-electron chi connectivity index (χ2n) is 4.82. The molecule has 0 bridgehead atoms. The SMILES string of the molecule is CCOC(=O)c1cnc(CSC2CCCC2)nc1C(F)F. The van der Waals surface area contributed by atoms with E-state index in [4.69, 9.17) is 4.74 Å². The summed E-state index contributed by atoms with van der Waals surface area (Å²) >= 11 is 1.70. The number of thioether (sulfide) groups is 1. The fourth-order valence-corrected chi connectivity index (χ4v) is 3.47. The predicted molar refractivity (Wildman–Crippen MR) is 76.5 cm³/mol. The Morgan fingerprint density at radius 3 is 2.81 bits per heavy atom. The Hall–Kier alpha value is -1.24. The Bertz CT molecular complexity index is 494. The fourth-order valence-electron chi connectivity index (χ4n) is 2.28. The maximum atomic E-state index is 13.0. The lowest BCUT2D eigenvalue weighted by molar-refractivity contribution is 0.0512. The van der Waals surface area contributed by atoms with Gasteiger partial charge in [0.2, 0.25) is 0 Å². The van der Waals surface area contributed by atoms with Gasteiger partial charge in [-0.05, 0) is 19.8 Å². The molecule has 0 aromatic carbocycles.